The number of nitrogens with zero attached hydrogens (tertiary/aromatic N) is 1. The first-order valence-corrected chi connectivity index (χ1v) is 4.17. The smallest absolute Gasteiger partial charge is 0.294 e. The minimum Gasteiger partial charge on any atom is -0.355 e. The van der Waals surface area contributed by atoms with Gasteiger partial charge in [0.1, 0.15) is 0 Å². The van der Waals surface area contributed by atoms with E-state index in [0.29, 0.717) is 11.9 Å². The van der Waals surface area contributed by atoms with Crippen molar-refractivity contribution in [2.75, 3.05) is 0 Å². The maximum atomic E-state index is 10.7. The molecular weight excluding hydrogens is 182 g/mol. The third kappa shape index (κ3) is 1.14. The average molecular weight is 191 g/mol. The number of fused-ring (bicyclic) bond motifs is 1. The van der Waals surface area contributed by atoms with Crippen LogP contribution in [-0.4, -0.2) is 9.91 Å². The molecule has 2 rings (SSSR count). The number of H-pyrrole nitrogens is 1. The number of nitrogens with one attached hydrogen (secondary N) is 1. The Bertz CT molecular complexity index is 490. The van der Waals surface area contributed by atoms with Gasteiger partial charge < -0.3 is 10.7 Å². The summed E-state index contributed by atoms with van der Waals surface area (Å²) in [6.45, 7) is 0.302. The number of benzene rings is 1. The first kappa shape index (κ1) is 8.71. The number of nitro groups is 1. The molecule has 0 spiro atoms. The molecular formula is C9H9N3O2. The van der Waals surface area contributed by atoms with Crippen molar-refractivity contribution in [1.29, 1.82) is 0 Å². The van der Waals surface area contributed by atoms with E-state index in [1.54, 1.807) is 12.1 Å². The Morgan fingerprint density at radius 3 is 2.93 bits per heavy atom. The van der Waals surface area contributed by atoms with Gasteiger partial charge in [0.2, 0.25) is 0 Å². The van der Waals surface area contributed by atoms with Gasteiger partial charge in [0, 0.05) is 6.54 Å². The monoisotopic (exact) mass is 191 g/mol. The minimum atomic E-state index is -0.405. The van der Waals surface area contributed by atoms with E-state index in [4.69, 9.17) is 5.73 Å². The molecule has 0 aliphatic carbocycles. The molecule has 14 heavy (non-hydrogen) atoms. The summed E-state index contributed by atoms with van der Waals surface area (Å²) in [5, 5.41) is 11.3. The second kappa shape index (κ2) is 3.12. The van der Waals surface area contributed by atoms with E-state index in [9.17, 15) is 10.1 Å². The number of aromatic nitrogens is 1. The Kier molecular flexibility index (Phi) is 1.94. The fraction of sp³-hybridized carbons (Fsp3) is 0.111. The number of hydrogen-bond acceptors (Lipinski definition) is 3. The van der Waals surface area contributed by atoms with Crippen LogP contribution in [0, 0.1) is 10.1 Å². The predicted octanol–water partition coefficient (Wildman–Crippen LogP) is 1.53. The highest BCUT2D eigenvalue weighted by atomic mass is 16.6. The number of rotatable bonds is 2. The van der Waals surface area contributed by atoms with Crippen molar-refractivity contribution in [2.24, 2.45) is 5.73 Å². The average Bonchev–Trinajstić information content (AvgIpc) is 2.60. The van der Waals surface area contributed by atoms with Gasteiger partial charge in [-0.25, -0.2) is 0 Å². The lowest BCUT2D eigenvalue weighted by molar-refractivity contribution is -0.383. The molecule has 0 aliphatic rings. The summed E-state index contributed by atoms with van der Waals surface area (Å²) in [4.78, 5) is 13.1. The Hall–Kier alpha value is -1.88. The second-order valence-electron chi connectivity index (χ2n) is 2.97. The lowest BCUT2D eigenvalue weighted by Gasteiger charge is -1.97. The van der Waals surface area contributed by atoms with Crippen LogP contribution >= 0.6 is 0 Å². The molecule has 0 amide bonds. The van der Waals surface area contributed by atoms with Gasteiger partial charge in [0.15, 0.2) is 0 Å². The molecule has 1 aromatic carbocycles. The fourth-order valence-electron chi connectivity index (χ4n) is 1.56. The van der Waals surface area contributed by atoms with Crippen molar-refractivity contribution in [3.05, 3.63) is 40.1 Å². The van der Waals surface area contributed by atoms with Crippen molar-refractivity contribution >= 4 is 16.6 Å². The molecule has 5 heteroatoms. The Labute approximate surface area is 79.7 Å². The van der Waals surface area contributed by atoms with Crippen molar-refractivity contribution in [2.45, 2.75) is 6.54 Å². The Morgan fingerprint density at radius 2 is 2.29 bits per heavy atom. The van der Waals surface area contributed by atoms with Crippen LogP contribution in [0.4, 0.5) is 5.69 Å². The lowest BCUT2D eigenvalue weighted by Crippen LogP contribution is -1.97. The summed E-state index contributed by atoms with van der Waals surface area (Å²) >= 11 is 0. The van der Waals surface area contributed by atoms with E-state index < -0.39 is 4.92 Å². The molecule has 0 atom stereocenters. The van der Waals surface area contributed by atoms with Crippen LogP contribution in [0.5, 0.6) is 0 Å². The van der Waals surface area contributed by atoms with Gasteiger partial charge in [-0.3, -0.25) is 10.1 Å². The highest BCUT2D eigenvalue weighted by Gasteiger charge is 2.15. The Balaban J connectivity index is 2.81. The van der Waals surface area contributed by atoms with Crippen LogP contribution in [0.25, 0.3) is 10.9 Å². The summed E-state index contributed by atoms with van der Waals surface area (Å²) in [5.74, 6) is 0. The molecule has 2 aromatic rings. The molecule has 0 unspecified atom stereocenters. The standard InChI is InChI=1S/C9H9N3O2/c10-4-6-2-1-3-7-9(6)8(5-11-7)12(13)14/h1-3,5,11H,4,10H2. The van der Waals surface area contributed by atoms with Gasteiger partial charge in [0.05, 0.1) is 22.0 Å². The van der Waals surface area contributed by atoms with E-state index in [1.807, 2.05) is 6.07 Å². The molecule has 1 heterocycles. The van der Waals surface area contributed by atoms with Crippen molar-refractivity contribution in [1.82, 2.24) is 4.98 Å². The van der Waals surface area contributed by atoms with Gasteiger partial charge in [-0.1, -0.05) is 12.1 Å². The highest BCUT2D eigenvalue weighted by molar-refractivity contribution is 5.91. The molecule has 0 bridgehead atoms. The van der Waals surface area contributed by atoms with Crippen molar-refractivity contribution in [3.8, 4) is 0 Å². The molecule has 0 radical (unpaired) electrons. The van der Waals surface area contributed by atoms with E-state index in [2.05, 4.69) is 4.98 Å². The topological polar surface area (TPSA) is 85.0 Å². The second-order valence-corrected chi connectivity index (χ2v) is 2.97. The molecule has 1 aromatic heterocycles. The van der Waals surface area contributed by atoms with Crippen LogP contribution in [0.3, 0.4) is 0 Å². The Morgan fingerprint density at radius 1 is 1.50 bits per heavy atom. The minimum absolute atomic E-state index is 0.0843. The van der Waals surface area contributed by atoms with Gasteiger partial charge >= 0.3 is 0 Å². The molecule has 5 nitrogen and oxygen atoms in total. The summed E-state index contributed by atoms with van der Waals surface area (Å²) in [6.07, 6.45) is 1.39. The first-order valence-electron chi connectivity index (χ1n) is 4.17. The van der Waals surface area contributed by atoms with Gasteiger partial charge in [0.25, 0.3) is 5.69 Å². The van der Waals surface area contributed by atoms with Gasteiger partial charge in [-0.05, 0) is 11.6 Å². The number of hydrogen-bond donors (Lipinski definition) is 2. The van der Waals surface area contributed by atoms with Gasteiger partial charge in [-0.15, -0.1) is 0 Å². The van der Waals surface area contributed by atoms with Crippen molar-refractivity contribution in [3.63, 3.8) is 0 Å². The zero-order chi connectivity index (χ0) is 10.1. The highest BCUT2D eigenvalue weighted by Crippen LogP contribution is 2.27. The summed E-state index contributed by atoms with van der Waals surface area (Å²) < 4.78 is 0. The molecule has 0 saturated heterocycles. The van der Waals surface area contributed by atoms with Crippen LogP contribution in [0.1, 0.15) is 5.56 Å². The zero-order valence-electron chi connectivity index (χ0n) is 7.36. The first-order chi connectivity index (χ1) is 6.74. The summed E-state index contributed by atoms with van der Waals surface area (Å²) in [7, 11) is 0. The van der Waals surface area contributed by atoms with Crippen LogP contribution < -0.4 is 5.73 Å². The van der Waals surface area contributed by atoms with Crippen LogP contribution in [0.2, 0.25) is 0 Å². The molecule has 72 valence electrons. The predicted molar refractivity (Wildman–Crippen MR) is 52.8 cm³/mol. The molecule has 0 fully saturated rings. The zero-order valence-corrected chi connectivity index (χ0v) is 7.36. The molecule has 0 saturated carbocycles. The number of aromatic amines is 1. The van der Waals surface area contributed by atoms with Crippen molar-refractivity contribution < 1.29 is 4.92 Å². The van der Waals surface area contributed by atoms with E-state index in [1.165, 1.54) is 6.20 Å². The van der Waals surface area contributed by atoms with Gasteiger partial charge in [-0.2, -0.15) is 0 Å². The molecule has 3 N–H and O–H groups in total. The van der Waals surface area contributed by atoms with E-state index in [-0.39, 0.29) is 5.69 Å². The third-order valence-electron chi connectivity index (χ3n) is 2.19. The number of nitrogens with two attached hydrogens (primary N) is 1. The lowest BCUT2D eigenvalue weighted by atomic mass is 10.1. The normalized spacial score (nSPS) is 10.6. The quantitative estimate of drug-likeness (QED) is 0.557. The van der Waals surface area contributed by atoms with E-state index in [0.717, 1.165) is 11.1 Å². The SMILES string of the molecule is NCc1cccc2[nH]cc([N+](=O)[O-])c12. The van der Waals surface area contributed by atoms with E-state index >= 15 is 0 Å². The largest absolute Gasteiger partial charge is 0.355 e. The summed E-state index contributed by atoms with van der Waals surface area (Å²) in [5.41, 5.74) is 7.13. The molecule has 0 aliphatic heterocycles. The summed E-state index contributed by atoms with van der Waals surface area (Å²) in [6, 6.07) is 5.41. The van der Waals surface area contributed by atoms with Crippen LogP contribution in [0.15, 0.2) is 24.4 Å². The third-order valence-corrected chi connectivity index (χ3v) is 2.19. The maximum Gasteiger partial charge on any atom is 0.294 e. The maximum absolute atomic E-state index is 10.7. The fourth-order valence-corrected chi connectivity index (χ4v) is 1.56. The van der Waals surface area contributed by atoms with Crippen LogP contribution in [-0.2, 0) is 6.54 Å².